The smallest absolute Gasteiger partial charge is 0.304 e. The summed E-state index contributed by atoms with van der Waals surface area (Å²) in [7, 11) is 7.84. The van der Waals surface area contributed by atoms with Crippen LogP contribution in [-0.4, -0.2) is 50.2 Å². The summed E-state index contributed by atoms with van der Waals surface area (Å²) in [5, 5.41) is 8.89. The van der Waals surface area contributed by atoms with Crippen molar-refractivity contribution in [3.8, 4) is 0 Å². The van der Waals surface area contributed by atoms with Crippen LogP contribution in [0, 0.1) is 0 Å². The minimum atomic E-state index is -0.751. The topological polar surface area (TPSA) is 43.8 Å². The number of aliphatic carboxylic acids is 1. The number of hydrogen-bond acceptors (Lipinski definition) is 3. The number of anilines is 1. The molecule has 1 unspecified atom stereocenters. The molecule has 0 fully saturated rings. The molecule has 0 radical (unpaired) electrons. The van der Waals surface area contributed by atoms with E-state index in [1.807, 2.05) is 38.0 Å². The van der Waals surface area contributed by atoms with E-state index in [2.05, 4.69) is 24.3 Å². The maximum Gasteiger partial charge on any atom is 0.304 e. The molecule has 0 aliphatic heterocycles. The molecule has 0 saturated heterocycles. The molecule has 0 heterocycles. The molecule has 1 atom stereocenters. The molecule has 0 aromatic heterocycles. The molecule has 1 aromatic carbocycles. The molecular weight excluding hydrogens is 228 g/mol. The van der Waals surface area contributed by atoms with Gasteiger partial charge < -0.3 is 14.9 Å². The summed E-state index contributed by atoms with van der Waals surface area (Å²) in [6.45, 7) is 0. The molecule has 0 aliphatic carbocycles. The van der Waals surface area contributed by atoms with E-state index in [1.165, 1.54) is 5.56 Å². The first-order valence-electron chi connectivity index (χ1n) is 6.04. The maximum atomic E-state index is 10.8. The van der Waals surface area contributed by atoms with Gasteiger partial charge in [-0.15, -0.1) is 0 Å². The SMILES string of the molecule is CN(C)c1ccc(CC(CC(=O)O)N(C)C)cc1. The third-order valence-electron chi connectivity index (χ3n) is 3.06. The van der Waals surface area contributed by atoms with E-state index >= 15 is 0 Å². The Kier molecular flexibility index (Phi) is 5.16. The molecule has 1 aromatic rings. The molecule has 1 N–H and O–H groups in total. The molecule has 0 aliphatic rings. The zero-order chi connectivity index (χ0) is 13.7. The molecule has 4 heteroatoms. The predicted molar refractivity (Wildman–Crippen MR) is 74.2 cm³/mol. The molecule has 100 valence electrons. The number of carboxylic acid groups (broad SMARTS) is 1. The van der Waals surface area contributed by atoms with Gasteiger partial charge in [-0.05, 0) is 38.2 Å². The van der Waals surface area contributed by atoms with Gasteiger partial charge in [0.25, 0.3) is 0 Å². The average molecular weight is 250 g/mol. The molecule has 1 rings (SSSR count). The first-order chi connectivity index (χ1) is 8.40. The molecule has 0 spiro atoms. The van der Waals surface area contributed by atoms with Gasteiger partial charge in [0.1, 0.15) is 0 Å². The number of hydrogen-bond donors (Lipinski definition) is 1. The van der Waals surface area contributed by atoms with Crippen molar-refractivity contribution in [2.45, 2.75) is 18.9 Å². The number of nitrogens with zero attached hydrogens (tertiary/aromatic N) is 2. The van der Waals surface area contributed by atoms with Gasteiger partial charge >= 0.3 is 5.97 Å². The monoisotopic (exact) mass is 250 g/mol. The van der Waals surface area contributed by atoms with E-state index in [-0.39, 0.29) is 12.5 Å². The van der Waals surface area contributed by atoms with E-state index in [1.54, 1.807) is 0 Å². The largest absolute Gasteiger partial charge is 0.481 e. The summed E-state index contributed by atoms with van der Waals surface area (Å²) in [5.41, 5.74) is 2.32. The van der Waals surface area contributed by atoms with Gasteiger partial charge in [0.2, 0.25) is 0 Å². The van der Waals surface area contributed by atoms with Gasteiger partial charge in [-0.1, -0.05) is 12.1 Å². The summed E-state index contributed by atoms with van der Waals surface area (Å²) in [6, 6.07) is 8.28. The van der Waals surface area contributed by atoms with Crippen molar-refractivity contribution in [1.29, 1.82) is 0 Å². The number of rotatable bonds is 6. The Morgan fingerprint density at radius 2 is 1.72 bits per heavy atom. The van der Waals surface area contributed by atoms with Crippen molar-refractivity contribution in [1.82, 2.24) is 4.90 Å². The van der Waals surface area contributed by atoms with Crippen LogP contribution >= 0.6 is 0 Å². The second-order valence-electron chi connectivity index (χ2n) is 4.98. The van der Waals surface area contributed by atoms with E-state index in [4.69, 9.17) is 5.11 Å². The Labute approximate surface area is 109 Å². The van der Waals surface area contributed by atoms with Crippen molar-refractivity contribution in [2.75, 3.05) is 33.1 Å². The number of carbonyl (C=O) groups is 1. The van der Waals surface area contributed by atoms with Crippen LogP contribution in [0.15, 0.2) is 24.3 Å². The molecule has 0 bridgehead atoms. The fourth-order valence-electron chi connectivity index (χ4n) is 1.84. The van der Waals surface area contributed by atoms with E-state index in [9.17, 15) is 4.79 Å². The summed E-state index contributed by atoms with van der Waals surface area (Å²) >= 11 is 0. The summed E-state index contributed by atoms with van der Waals surface area (Å²) in [6.07, 6.45) is 0.926. The Morgan fingerprint density at radius 3 is 2.11 bits per heavy atom. The Hall–Kier alpha value is -1.55. The van der Waals surface area contributed by atoms with Crippen LogP contribution in [0.1, 0.15) is 12.0 Å². The Bertz CT molecular complexity index is 385. The van der Waals surface area contributed by atoms with Crippen LogP contribution in [0.5, 0.6) is 0 Å². The lowest BCUT2D eigenvalue weighted by Crippen LogP contribution is -2.32. The fraction of sp³-hybridized carbons (Fsp3) is 0.500. The second-order valence-corrected chi connectivity index (χ2v) is 4.98. The third kappa shape index (κ3) is 4.37. The number of carboxylic acids is 1. The quantitative estimate of drug-likeness (QED) is 0.834. The highest BCUT2D eigenvalue weighted by atomic mass is 16.4. The van der Waals surface area contributed by atoms with E-state index < -0.39 is 5.97 Å². The Balaban J connectivity index is 2.72. The van der Waals surface area contributed by atoms with Crippen molar-refractivity contribution < 1.29 is 9.90 Å². The summed E-state index contributed by atoms with van der Waals surface area (Å²) in [4.78, 5) is 14.8. The number of benzene rings is 1. The van der Waals surface area contributed by atoms with Crippen molar-refractivity contribution >= 4 is 11.7 Å². The molecule has 0 saturated carbocycles. The highest BCUT2D eigenvalue weighted by Crippen LogP contribution is 2.15. The van der Waals surface area contributed by atoms with Gasteiger partial charge in [-0.25, -0.2) is 0 Å². The maximum absolute atomic E-state index is 10.8. The molecule has 18 heavy (non-hydrogen) atoms. The highest BCUT2D eigenvalue weighted by molar-refractivity contribution is 5.67. The van der Waals surface area contributed by atoms with Gasteiger partial charge in [-0.3, -0.25) is 4.79 Å². The van der Waals surface area contributed by atoms with Crippen LogP contribution < -0.4 is 4.90 Å². The van der Waals surface area contributed by atoms with Crippen LogP contribution in [0.3, 0.4) is 0 Å². The number of likely N-dealkylation sites (N-methyl/N-ethyl adjacent to an activating group) is 1. The van der Waals surface area contributed by atoms with E-state index in [0.29, 0.717) is 0 Å². The third-order valence-corrected chi connectivity index (χ3v) is 3.06. The summed E-state index contributed by atoms with van der Waals surface area (Å²) < 4.78 is 0. The minimum absolute atomic E-state index is 0.0349. The van der Waals surface area contributed by atoms with Crippen LogP contribution in [0.4, 0.5) is 5.69 Å². The lowest BCUT2D eigenvalue weighted by atomic mass is 10.0. The van der Waals surface area contributed by atoms with Crippen LogP contribution in [0.25, 0.3) is 0 Å². The predicted octanol–water partition coefficient (Wildman–Crippen LogP) is 1.70. The molecular formula is C14H22N2O2. The van der Waals surface area contributed by atoms with Gasteiger partial charge in [0.15, 0.2) is 0 Å². The normalized spacial score (nSPS) is 12.5. The van der Waals surface area contributed by atoms with Crippen LogP contribution in [-0.2, 0) is 11.2 Å². The van der Waals surface area contributed by atoms with Gasteiger partial charge in [0.05, 0.1) is 6.42 Å². The zero-order valence-corrected chi connectivity index (χ0v) is 11.6. The zero-order valence-electron chi connectivity index (χ0n) is 11.6. The van der Waals surface area contributed by atoms with Crippen molar-refractivity contribution in [3.05, 3.63) is 29.8 Å². The van der Waals surface area contributed by atoms with Crippen LogP contribution in [0.2, 0.25) is 0 Å². The summed E-state index contributed by atoms with van der Waals surface area (Å²) in [5.74, 6) is -0.751. The van der Waals surface area contributed by atoms with Gasteiger partial charge in [-0.2, -0.15) is 0 Å². The Morgan fingerprint density at radius 1 is 1.17 bits per heavy atom. The highest BCUT2D eigenvalue weighted by Gasteiger charge is 2.16. The van der Waals surface area contributed by atoms with E-state index in [0.717, 1.165) is 12.1 Å². The molecule has 0 amide bonds. The first-order valence-corrected chi connectivity index (χ1v) is 6.04. The van der Waals surface area contributed by atoms with Gasteiger partial charge in [0, 0.05) is 25.8 Å². The van der Waals surface area contributed by atoms with Crippen molar-refractivity contribution in [2.24, 2.45) is 0 Å². The minimum Gasteiger partial charge on any atom is -0.481 e. The van der Waals surface area contributed by atoms with Crippen molar-refractivity contribution in [3.63, 3.8) is 0 Å². The molecule has 4 nitrogen and oxygen atoms in total. The second kappa shape index (κ2) is 6.40. The first kappa shape index (κ1) is 14.5. The lowest BCUT2D eigenvalue weighted by molar-refractivity contribution is -0.138. The lowest BCUT2D eigenvalue weighted by Gasteiger charge is -2.23. The standard InChI is InChI=1S/C14H22N2O2/c1-15(2)12-7-5-11(6-8-12)9-13(16(3)4)10-14(17)18/h5-8,13H,9-10H2,1-4H3,(H,17,18). The fourth-order valence-corrected chi connectivity index (χ4v) is 1.84. The average Bonchev–Trinajstić information content (AvgIpc) is 2.28.